The van der Waals surface area contributed by atoms with Crippen LogP contribution in [-0.4, -0.2) is 20.6 Å². The van der Waals surface area contributed by atoms with E-state index in [1.54, 1.807) is 18.2 Å². The molecule has 2 N–H and O–H groups in total. The highest BCUT2D eigenvalue weighted by molar-refractivity contribution is 7.92. The fourth-order valence-electron chi connectivity index (χ4n) is 3.22. The molecule has 3 rings (SSSR count). The van der Waals surface area contributed by atoms with Gasteiger partial charge in [-0.2, -0.15) is 0 Å². The van der Waals surface area contributed by atoms with Crippen LogP contribution in [0.25, 0.3) is 0 Å². The van der Waals surface area contributed by atoms with Crippen LogP contribution in [-0.2, 0) is 21.4 Å². The van der Waals surface area contributed by atoms with E-state index in [9.17, 15) is 13.2 Å². The lowest BCUT2D eigenvalue weighted by Crippen LogP contribution is -2.25. The first-order valence-electron chi connectivity index (χ1n) is 9.34. The number of benzene rings is 3. The molecule has 0 aliphatic heterocycles. The van der Waals surface area contributed by atoms with E-state index >= 15 is 0 Å². The zero-order valence-electron chi connectivity index (χ0n) is 16.2. The number of hydrogen-bond acceptors (Lipinski definition) is 3. The standard InChI is InChI=1S/C23H24N2O3S/c1-29(27,28)25-22-15-9-8-14-20(22)17-24-23(26)16-21(18-10-4-2-5-11-18)19-12-6-3-7-13-19/h2-15,21,25H,16-17H2,1H3,(H,24,26). The van der Waals surface area contributed by atoms with Gasteiger partial charge in [0, 0.05) is 18.9 Å². The molecule has 0 spiro atoms. The Labute approximate surface area is 171 Å². The van der Waals surface area contributed by atoms with Crippen molar-refractivity contribution in [1.82, 2.24) is 5.32 Å². The number of amides is 1. The second kappa shape index (κ2) is 9.39. The fraction of sp³-hybridized carbons (Fsp3) is 0.174. The summed E-state index contributed by atoms with van der Waals surface area (Å²) in [7, 11) is -3.39. The summed E-state index contributed by atoms with van der Waals surface area (Å²) in [5, 5.41) is 2.92. The van der Waals surface area contributed by atoms with Crippen LogP contribution in [0, 0.1) is 0 Å². The van der Waals surface area contributed by atoms with Crippen molar-refractivity contribution in [3.8, 4) is 0 Å². The van der Waals surface area contributed by atoms with E-state index in [0.717, 1.165) is 17.4 Å². The molecule has 0 saturated carbocycles. The van der Waals surface area contributed by atoms with Crippen LogP contribution < -0.4 is 10.0 Å². The van der Waals surface area contributed by atoms with Crippen molar-refractivity contribution in [2.45, 2.75) is 18.9 Å². The first kappa shape index (κ1) is 20.6. The van der Waals surface area contributed by atoms with Crippen molar-refractivity contribution in [2.24, 2.45) is 0 Å². The molecule has 0 unspecified atom stereocenters. The third kappa shape index (κ3) is 6.19. The van der Waals surface area contributed by atoms with Gasteiger partial charge in [-0.1, -0.05) is 78.9 Å². The molecule has 6 heteroatoms. The van der Waals surface area contributed by atoms with Crippen LogP contribution in [0.1, 0.15) is 29.0 Å². The quantitative estimate of drug-likeness (QED) is 0.594. The number of rotatable bonds is 8. The maximum Gasteiger partial charge on any atom is 0.229 e. The minimum absolute atomic E-state index is 0.0539. The molecule has 0 aromatic heterocycles. The number of hydrogen-bond donors (Lipinski definition) is 2. The van der Waals surface area contributed by atoms with Gasteiger partial charge in [-0.15, -0.1) is 0 Å². The van der Waals surface area contributed by atoms with Crippen LogP contribution in [0.4, 0.5) is 5.69 Å². The molecule has 0 aliphatic carbocycles. The van der Waals surface area contributed by atoms with Gasteiger partial charge in [0.2, 0.25) is 15.9 Å². The zero-order valence-corrected chi connectivity index (χ0v) is 17.0. The molecular weight excluding hydrogens is 384 g/mol. The molecule has 3 aromatic rings. The van der Waals surface area contributed by atoms with Gasteiger partial charge in [0.05, 0.1) is 11.9 Å². The van der Waals surface area contributed by atoms with Crippen molar-refractivity contribution in [2.75, 3.05) is 11.0 Å². The molecule has 1 amide bonds. The van der Waals surface area contributed by atoms with E-state index in [4.69, 9.17) is 0 Å². The molecule has 0 heterocycles. The summed E-state index contributed by atoms with van der Waals surface area (Å²) in [6.07, 6.45) is 1.41. The van der Waals surface area contributed by atoms with Gasteiger partial charge >= 0.3 is 0 Å². The Hall–Kier alpha value is -3.12. The highest BCUT2D eigenvalue weighted by Gasteiger charge is 2.18. The van der Waals surface area contributed by atoms with Crippen molar-refractivity contribution in [1.29, 1.82) is 0 Å². The smallest absolute Gasteiger partial charge is 0.229 e. The van der Waals surface area contributed by atoms with Crippen LogP contribution in [0.2, 0.25) is 0 Å². The Morgan fingerprint density at radius 2 is 1.34 bits per heavy atom. The SMILES string of the molecule is CS(=O)(=O)Nc1ccccc1CNC(=O)CC(c1ccccc1)c1ccccc1. The number of carbonyl (C=O) groups is 1. The lowest BCUT2D eigenvalue weighted by molar-refractivity contribution is -0.121. The van der Waals surface area contributed by atoms with Crippen molar-refractivity contribution < 1.29 is 13.2 Å². The van der Waals surface area contributed by atoms with Gasteiger partial charge in [-0.25, -0.2) is 8.42 Å². The van der Waals surface area contributed by atoms with Gasteiger partial charge in [-0.05, 0) is 22.8 Å². The Morgan fingerprint density at radius 1 is 0.828 bits per heavy atom. The summed E-state index contributed by atoms with van der Waals surface area (Å²) in [6.45, 7) is 0.244. The topological polar surface area (TPSA) is 75.3 Å². The van der Waals surface area contributed by atoms with E-state index in [2.05, 4.69) is 10.0 Å². The van der Waals surface area contributed by atoms with E-state index in [0.29, 0.717) is 17.7 Å². The predicted octanol–water partition coefficient (Wildman–Crippen LogP) is 3.90. The monoisotopic (exact) mass is 408 g/mol. The fourth-order valence-corrected chi connectivity index (χ4v) is 3.82. The summed E-state index contributed by atoms with van der Waals surface area (Å²) < 4.78 is 25.6. The molecule has 29 heavy (non-hydrogen) atoms. The number of anilines is 1. The molecule has 3 aromatic carbocycles. The lowest BCUT2D eigenvalue weighted by Gasteiger charge is -2.18. The van der Waals surface area contributed by atoms with Crippen LogP contribution >= 0.6 is 0 Å². The van der Waals surface area contributed by atoms with Gasteiger partial charge in [-0.3, -0.25) is 9.52 Å². The van der Waals surface area contributed by atoms with E-state index < -0.39 is 10.0 Å². The van der Waals surface area contributed by atoms with E-state index in [1.165, 1.54) is 0 Å². The van der Waals surface area contributed by atoms with Gasteiger partial charge < -0.3 is 5.32 Å². The van der Waals surface area contributed by atoms with Crippen molar-refractivity contribution >= 4 is 21.6 Å². The molecule has 150 valence electrons. The summed E-state index contributed by atoms with van der Waals surface area (Å²) in [5.74, 6) is -0.154. The molecular formula is C23H24N2O3S. The van der Waals surface area contributed by atoms with E-state index in [1.807, 2.05) is 66.7 Å². The minimum atomic E-state index is -3.39. The van der Waals surface area contributed by atoms with Crippen molar-refractivity contribution in [3.63, 3.8) is 0 Å². The highest BCUT2D eigenvalue weighted by Crippen LogP contribution is 2.28. The third-order valence-electron chi connectivity index (χ3n) is 4.58. The molecule has 0 aliphatic rings. The Balaban J connectivity index is 1.72. The largest absolute Gasteiger partial charge is 0.352 e. The molecule has 0 atom stereocenters. The third-order valence-corrected chi connectivity index (χ3v) is 5.17. The minimum Gasteiger partial charge on any atom is -0.352 e. The second-order valence-corrected chi connectivity index (χ2v) is 8.63. The average molecular weight is 409 g/mol. The molecule has 5 nitrogen and oxygen atoms in total. The summed E-state index contributed by atoms with van der Waals surface area (Å²) >= 11 is 0. The average Bonchev–Trinajstić information content (AvgIpc) is 2.71. The molecule has 0 radical (unpaired) electrons. The van der Waals surface area contributed by atoms with Crippen molar-refractivity contribution in [3.05, 3.63) is 102 Å². The van der Waals surface area contributed by atoms with Crippen LogP contribution in [0.5, 0.6) is 0 Å². The number of sulfonamides is 1. The molecule has 0 fully saturated rings. The maximum absolute atomic E-state index is 12.7. The van der Waals surface area contributed by atoms with Gasteiger partial charge in [0.15, 0.2) is 0 Å². The second-order valence-electron chi connectivity index (χ2n) is 6.89. The van der Waals surface area contributed by atoms with E-state index in [-0.39, 0.29) is 18.4 Å². The number of carbonyl (C=O) groups excluding carboxylic acids is 1. The molecule has 0 bridgehead atoms. The zero-order chi connectivity index (χ0) is 20.7. The molecule has 0 saturated heterocycles. The highest BCUT2D eigenvalue weighted by atomic mass is 32.2. The Bertz CT molecular complexity index is 1010. The van der Waals surface area contributed by atoms with Crippen LogP contribution in [0.3, 0.4) is 0 Å². The number of nitrogens with one attached hydrogen (secondary N) is 2. The Morgan fingerprint density at radius 3 is 1.90 bits per heavy atom. The summed E-state index contributed by atoms with van der Waals surface area (Å²) in [5.41, 5.74) is 3.33. The number of para-hydroxylation sites is 1. The normalized spacial score (nSPS) is 11.2. The van der Waals surface area contributed by atoms with Gasteiger partial charge in [0.1, 0.15) is 0 Å². The lowest BCUT2D eigenvalue weighted by atomic mass is 9.88. The Kier molecular flexibility index (Phi) is 6.67. The van der Waals surface area contributed by atoms with Gasteiger partial charge in [0.25, 0.3) is 0 Å². The first-order chi connectivity index (χ1) is 13.9. The summed E-state index contributed by atoms with van der Waals surface area (Å²) in [6, 6.07) is 26.9. The summed E-state index contributed by atoms with van der Waals surface area (Å²) in [4.78, 5) is 12.7. The first-order valence-corrected chi connectivity index (χ1v) is 11.2. The van der Waals surface area contributed by atoms with Crippen LogP contribution in [0.15, 0.2) is 84.9 Å². The predicted molar refractivity (Wildman–Crippen MR) is 116 cm³/mol. The maximum atomic E-state index is 12.7.